The lowest BCUT2D eigenvalue weighted by Crippen LogP contribution is -2.23. The van der Waals surface area contributed by atoms with Crippen molar-refractivity contribution < 1.29 is 4.42 Å². The molecule has 0 atom stereocenters. The van der Waals surface area contributed by atoms with Crippen molar-refractivity contribution in [3.05, 3.63) is 40.1 Å². The van der Waals surface area contributed by atoms with Crippen LogP contribution in [-0.2, 0) is 6.54 Å². The molecule has 2 aromatic heterocycles. The number of hydrogen-bond donors (Lipinski definition) is 0. The molecule has 0 amide bonds. The summed E-state index contributed by atoms with van der Waals surface area (Å²) in [5.41, 5.74) is 0. The Morgan fingerprint density at radius 3 is 2.69 bits per heavy atom. The first-order chi connectivity index (χ1) is 7.79. The second-order valence-corrected chi connectivity index (χ2v) is 4.54. The summed E-state index contributed by atoms with van der Waals surface area (Å²) in [4.78, 5) is 10.7. The maximum Gasteiger partial charge on any atom is 0.225 e. The maximum atomic E-state index is 5.31. The van der Waals surface area contributed by atoms with E-state index in [1.807, 2.05) is 24.5 Å². The quantitative estimate of drug-likeness (QED) is 0.809. The number of rotatable bonds is 4. The van der Waals surface area contributed by atoms with Crippen molar-refractivity contribution >= 4 is 28.5 Å². The molecule has 4 nitrogen and oxygen atoms in total. The average molecular weight is 329 g/mol. The minimum atomic E-state index is 0.699. The molecule has 0 saturated heterocycles. The van der Waals surface area contributed by atoms with Gasteiger partial charge < -0.3 is 9.32 Å². The number of anilines is 1. The highest BCUT2D eigenvalue weighted by Crippen LogP contribution is 2.12. The summed E-state index contributed by atoms with van der Waals surface area (Å²) >= 11 is 2.19. The monoisotopic (exact) mass is 329 g/mol. The van der Waals surface area contributed by atoms with Crippen molar-refractivity contribution in [1.29, 1.82) is 0 Å². The van der Waals surface area contributed by atoms with Gasteiger partial charge in [0.2, 0.25) is 5.95 Å². The lowest BCUT2D eigenvalue weighted by molar-refractivity contribution is 0.502. The molecule has 2 heterocycles. The normalized spacial score (nSPS) is 10.4. The first kappa shape index (κ1) is 11.4. The van der Waals surface area contributed by atoms with Crippen molar-refractivity contribution in [2.45, 2.75) is 13.5 Å². The van der Waals surface area contributed by atoms with E-state index < -0.39 is 0 Å². The van der Waals surface area contributed by atoms with E-state index >= 15 is 0 Å². The van der Waals surface area contributed by atoms with Gasteiger partial charge in [-0.3, -0.25) is 0 Å². The lowest BCUT2D eigenvalue weighted by atomic mass is 10.4. The van der Waals surface area contributed by atoms with Crippen LogP contribution in [0.5, 0.6) is 0 Å². The predicted molar refractivity (Wildman–Crippen MR) is 70.2 cm³/mol. The Kier molecular flexibility index (Phi) is 3.76. The summed E-state index contributed by atoms with van der Waals surface area (Å²) in [7, 11) is 0. The molecule has 0 saturated carbocycles. The highest BCUT2D eigenvalue weighted by molar-refractivity contribution is 14.1. The van der Waals surface area contributed by atoms with Gasteiger partial charge in [-0.2, -0.15) is 0 Å². The highest BCUT2D eigenvalue weighted by atomic mass is 127. The molecule has 0 unspecified atom stereocenters. The van der Waals surface area contributed by atoms with E-state index in [0.29, 0.717) is 6.54 Å². The highest BCUT2D eigenvalue weighted by Gasteiger charge is 2.09. The number of halogens is 1. The third-order valence-corrected chi connectivity index (χ3v) is 2.76. The van der Waals surface area contributed by atoms with Gasteiger partial charge in [0, 0.05) is 22.5 Å². The van der Waals surface area contributed by atoms with Crippen LogP contribution in [0.4, 0.5) is 5.95 Å². The van der Waals surface area contributed by atoms with Gasteiger partial charge in [-0.25, -0.2) is 9.97 Å². The van der Waals surface area contributed by atoms with Gasteiger partial charge in [-0.15, -0.1) is 0 Å². The molecule has 0 N–H and O–H groups in total. The Morgan fingerprint density at radius 1 is 1.38 bits per heavy atom. The molecule has 2 aromatic rings. The molecule has 0 aliphatic heterocycles. The SMILES string of the molecule is CCN(Cc1ccco1)c1ncc(I)cn1. The van der Waals surface area contributed by atoms with Crippen LogP contribution in [-0.4, -0.2) is 16.5 Å². The zero-order valence-corrected chi connectivity index (χ0v) is 11.1. The van der Waals surface area contributed by atoms with Crippen LogP contribution in [0.15, 0.2) is 35.2 Å². The van der Waals surface area contributed by atoms with Crippen LogP contribution in [0.25, 0.3) is 0 Å². The summed E-state index contributed by atoms with van der Waals surface area (Å²) in [6.07, 6.45) is 5.30. The van der Waals surface area contributed by atoms with Crippen molar-refractivity contribution in [3.63, 3.8) is 0 Å². The standard InChI is InChI=1S/C11H12IN3O/c1-2-15(8-10-4-3-5-16-10)11-13-6-9(12)7-14-11/h3-7H,2,8H2,1H3. The molecule has 0 aromatic carbocycles. The van der Waals surface area contributed by atoms with Gasteiger partial charge in [0.25, 0.3) is 0 Å². The third-order valence-electron chi connectivity index (χ3n) is 2.20. The summed E-state index contributed by atoms with van der Waals surface area (Å²) in [6, 6.07) is 3.84. The lowest BCUT2D eigenvalue weighted by Gasteiger charge is -2.18. The van der Waals surface area contributed by atoms with Gasteiger partial charge in [0.1, 0.15) is 5.76 Å². The summed E-state index contributed by atoms with van der Waals surface area (Å²) in [5.74, 6) is 1.66. The van der Waals surface area contributed by atoms with Crippen molar-refractivity contribution in [3.8, 4) is 0 Å². The molecule has 16 heavy (non-hydrogen) atoms. The fourth-order valence-corrected chi connectivity index (χ4v) is 1.66. The molecule has 0 aliphatic rings. The Bertz CT molecular complexity index is 427. The molecule has 0 radical (unpaired) electrons. The number of nitrogens with zero attached hydrogens (tertiary/aromatic N) is 3. The second-order valence-electron chi connectivity index (χ2n) is 3.29. The molecule has 5 heteroatoms. The van der Waals surface area contributed by atoms with Crippen LogP contribution >= 0.6 is 22.6 Å². The van der Waals surface area contributed by atoms with Gasteiger partial charge in [-0.1, -0.05) is 0 Å². The fraction of sp³-hybridized carbons (Fsp3) is 0.273. The van der Waals surface area contributed by atoms with Crippen LogP contribution in [0, 0.1) is 3.57 Å². The van der Waals surface area contributed by atoms with E-state index in [-0.39, 0.29) is 0 Å². The van der Waals surface area contributed by atoms with Crippen molar-refractivity contribution in [2.75, 3.05) is 11.4 Å². The molecule has 2 rings (SSSR count). The molecular formula is C11H12IN3O. The Labute approximate surface area is 108 Å². The van der Waals surface area contributed by atoms with Gasteiger partial charge in [-0.05, 0) is 41.6 Å². The summed E-state index contributed by atoms with van der Waals surface area (Å²) < 4.78 is 6.35. The van der Waals surface area contributed by atoms with Crippen LogP contribution in [0.1, 0.15) is 12.7 Å². The zero-order chi connectivity index (χ0) is 11.4. The van der Waals surface area contributed by atoms with E-state index in [1.54, 1.807) is 6.26 Å². The van der Waals surface area contributed by atoms with E-state index in [2.05, 4.69) is 44.4 Å². The van der Waals surface area contributed by atoms with Crippen molar-refractivity contribution in [2.24, 2.45) is 0 Å². The number of hydrogen-bond acceptors (Lipinski definition) is 4. The van der Waals surface area contributed by atoms with Gasteiger partial charge in [0.15, 0.2) is 0 Å². The predicted octanol–water partition coefficient (Wildman–Crippen LogP) is 2.70. The third kappa shape index (κ3) is 2.72. The zero-order valence-electron chi connectivity index (χ0n) is 8.93. The summed E-state index contributed by atoms with van der Waals surface area (Å²) in [5, 5.41) is 0. The fourth-order valence-electron chi connectivity index (χ4n) is 1.38. The van der Waals surface area contributed by atoms with Crippen LogP contribution in [0.3, 0.4) is 0 Å². The molecule has 0 aliphatic carbocycles. The molecule has 0 bridgehead atoms. The van der Waals surface area contributed by atoms with Gasteiger partial charge >= 0.3 is 0 Å². The number of aromatic nitrogens is 2. The number of furan rings is 1. The molecule has 0 fully saturated rings. The van der Waals surface area contributed by atoms with E-state index in [0.717, 1.165) is 21.8 Å². The average Bonchev–Trinajstić information content (AvgIpc) is 2.80. The van der Waals surface area contributed by atoms with Crippen LogP contribution in [0.2, 0.25) is 0 Å². The Morgan fingerprint density at radius 2 is 2.12 bits per heavy atom. The Hall–Kier alpha value is -1.11. The summed E-state index contributed by atoms with van der Waals surface area (Å²) in [6.45, 7) is 3.62. The Balaban J connectivity index is 2.13. The molecule has 0 spiro atoms. The van der Waals surface area contributed by atoms with E-state index in [9.17, 15) is 0 Å². The van der Waals surface area contributed by atoms with Gasteiger partial charge in [0.05, 0.1) is 12.8 Å². The minimum absolute atomic E-state index is 0.699. The topological polar surface area (TPSA) is 42.2 Å². The second kappa shape index (κ2) is 5.29. The minimum Gasteiger partial charge on any atom is -0.467 e. The molecular weight excluding hydrogens is 317 g/mol. The largest absolute Gasteiger partial charge is 0.467 e. The van der Waals surface area contributed by atoms with E-state index in [4.69, 9.17) is 4.42 Å². The first-order valence-corrected chi connectivity index (χ1v) is 6.12. The van der Waals surface area contributed by atoms with Crippen LogP contribution < -0.4 is 4.90 Å². The van der Waals surface area contributed by atoms with E-state index in [1.165, 1.54) is 0 Å². The smallest absolute Gasteiger partial charge is 0.225 e. The maximum absolute atomic E-state index is 5.31. The van der Waals surface area contributed by atoms with Crippen molar-refractivity contribution in [1.82, 2.24) is 9.97 Å². The first-order valence-electron chi connectivity index (χ1n) is 5.04. The molecule has 84 valence electrons.